The Labute approximate surface area is 174 Å². The molecule has 0 amide bonds. The molecule has 30 heavy (non-hydrogen) atoms. The standard InChI is InChI=1S/C20H29F2N5O3/c1-11-8-27(10-20(25-11)5-6-20)17-15(22)18(24-16(23-17)19(28)29-4)30-12(2)14-7-13(21)9-26(14)3/h11-14,25H,5-10H2,1-4H3/t11-,12+,13-,14+/m1/s1. The Hall–Kier alpha value is -2.07. The maximum Gasteiger partial charge on any atom is 0.376 e. The Bertz CT molecular complexity index is 822. The molecule has 0 aromatic carbocycles. The van der Waals surface area contributed by atoms with E-state index in [1.54, 1.807) is 6.92 Å². The van der Waals surface area contributed by atoms with Gasteiger partial charge in [-0.15, -0.1) is 0 Å². The van der Waals surface area contributed by atoms with Crippen LogP contribution < -0.4 is 15.0 Å². The van der Waals surface area contributed by atoms with Gasteiger partial charge in [-0.05, 0) is 40.2 Å². The van der Waals surface area contributed by atoms with E-state index in [4.69, 9.17) is 9.47 Å². The first-order valence-electron chi connectivity index (χ1n) is 10.4. The van der Waals surface area contributed by atoms with Crippen molar-refractivity contribution < 1.29 is 23.0 Å². The number of alkyl halides is 1. The maximum atomic E-state index is 15.5. The molecule has 1 aliphatic carbocycles. The number of anilines is 1. The number of nitrogens with zero attached hydrogens (tertiary/aromatic N) is 4. The predicted octanol–water partition coefficient (Wildman–Crippen LogP) is 1.54. The molecule has 4 atom stereocenters. The SMILES string of the molecule is COC(=O)c1nc(O[C@@H](C)[C@@H]2C[C@@H](F)CN2C)c(F)c(N2C[C@@H](C)NC3(CC3)C2)n1. The third kappa shape index (κ3) is 4.07. The third-order valence-corrected chi connectivity index (χ3v) is 6.25. The number of aromatic nitrogens is 2. The molecule has 1 aromatic heterocycles. The fraction of sp³-hybridized carbons (Fsp3) is 0.750. The van der Waals surface area contributed by atoms with Crippen LogP contribution >= 0.6 is 0 Å². The van der Waals surface area contributed by atoms with Crippen molar-refractivity contribution in [2.45, 2.75) is 63.0 Å². The van der Waals surface area contributed by atoms with Gasteiger partial charge in [-0.1, -0.05) is 0 Å². The van der Waals surface area contributed by atoms with Crippen molar-refractivity contribution in [3.05, 3.63) is 11.6 Å². The van der Waals surface area contributed by atoms with Gasteiger partial charge in [-0.3, -0.25) is 4.90 Å². The normalized spacial score (nSPS) is 29.1. The lowest BCUT2D eigenvalue weighted by atomic mass is 10.1. The summed E-state index contributed by atoms with van der Waals surface area (Å²) in [6.45, 7) is 5.24. The van der Waals surface area contributed by atoms with Crippen LogP contribution in [0.4, 0.5) is 14.6 Å². The first-order chi connectivity index (χ1) is 14.2. The van der Waals surface area contributed by atoms with Crippen molar-refractivity contribution in [1.29, 1.82) is 0 Å². The van der Waals surface area contributed by atoms with Crippen LogP contribution in [0.1, 0.15) is 43.7 Å². The first-order valence-corrected chi connectivity index (χ1v) is 10.4. The molecule has 166 valence electrons. The summed E-state index contributed by atoms with van der Waals surface area (Å²) in [7, 11) is 3.03. The Morgan fingerprint density at radius 1 is 1.33 bits per heavy atom. The highest BCUT2D eigenvalue weighted by Gasteiger charge is 2.48. The fourth-order valence-corrected chi connectivity index (χ4v) is 4.64. The molecule has 1 saturated carbocycles. The molecule has 2 saturated heterocycles. The van der Waals surface area contributed by atoms with Crippen molar-refractivity contribution in [2.75, 3.05) is 38.7 Å². The average molecular weight is 425 g/mol. The van der Waals surface area contributed by atoms with Gasteiger partial charge in [0.15, 0.2) is 5.82 Å². The Balaban J connectivity index is 1.64. The molecule has 3 fully saturated rings. The molecule has 1 N–H and O–H groups in total. The summed E-state index contributed by atoms with van der Waals surface area (Å²) in [5.41, 5.74) is -0.0303. The van der Waals surface area contributed by atoms with E-state index in [1.165, 1.54) is 7.11 Å². The van der Waals surface area contributed by atoms with Crippen molar-refractivity contribution in [1.82, 2.24) is 20.2 Å². The summed E-state index contributed by atoms with van der Waals surface area (Å²) >= 11 is 0. The number of ether oxygens (including phenoxy) is 2. The van der Waals surface area contributed by atoms with Crippen molar-refractivity contribution in [2.24, 2.45) is 0 Å². The number of esters is 1. The van der Waals surface area contributed by atoms with Crippen LogP contribution in [-0.4, -0.2) is 84.5 Å². The van der Waals surface area contributed by atoms with Gasteiger partial charge >= 0.3 is 5.97 Å². The summed E-state index contributed by atoms with van der Waals surface area (Å²) < 4.78 is 39.8. The number of methoxy groups -OCH3 is 1. The van der Waals surface area contributed by atoms with Gasteiger partial charge in [0.05, 0.1) is 7.11 Å². The lowest BCUT2D eigenvalue weighted by molar-refractivity contribution is 0.0581. The van der Waals surface area contributed by atoms with Crippen molar-refractivity contribution in [3.63, 3.8) is 0 Å². The zero-order valence-corrected chi connectivity index (χ0v) is 17.8. The third-order valence-electron chi connectivity index (χ3n) is 6.25. The van der Waals surface area contributed by atoms with Gasteiger partial charge in [0.2, 0.25) is 11.6 Å². The van der Waals surface area contributed by atoms with E-state index < -0.39 is 24.1 Å². The molecular formula is C20H29F2N5O3. The van der Waals surface area contributed by atoms with Gasteiger partial charge < -0.3 is 19.7 Å². The molecule has 2 aliphatic heterocycles. The average Bonchev–Trinajstić information content (AvgIpc) is 3.33. The Kier molecular flexibility index (Phi) is 5.56. The van der Waals surface area contributed by atoms with Crippen LogP contribution in [0.5, 0.6) is 5.88 Å². The van der Waals surface area contributed by atoms with Crippen molar-refractivity contribution >= 4 is 11.8 Å². The van der Waals surface area contributed by atoms with Gasteiger partial charge in [0.1, 0.15) is 12.3 Å². The molecule has 0 radical (unpaired) electrons. The minimum absolute atomic E-state index is 0.0303. The van der Waals surface area contributed by atoms with E-state index in [1.807, 2.05) is 23.8 Å². The number of carbonyl (C=O) groups excluding carboxylic acids is 1. The molecule has 8 nitrogen and oxygen atoms in total. The second-order valence-electron chi connectivity index (χ2n) is 8.85. The van der Waals surface area contributed by atoms with Crippen LogP contribution in [0.15, 0.2) is 0 Å². The van der Waals surface area contributed by atoms with E-state index in [2.05, 4.69) is 15.3 Å². The van der Waals surface area contributed by atoms with Gasteiger partial charge in [0.25, 0.3) is 5.88 Å². The number of rotatable bonds is 5. The lowest BCUT2D eigenvalue weighted by Crippen LogP contribution is -2.57. The summed E-state index contributed by atoms with van der Waals surface area (Å²) in [5.74, 6) is -2.00. The minimum atomic E-state index is -0.945. The maximum absolute atomic E-state index is 15.5. The van der Waals surface area contributed by atoms with E-state index >= 15 is 4.39 Å². The second kappa shape index (κ2) is 7.88. The zero-order valence-electron chi connectivity index (χ0n) is 17.8. The number of halogens is 2. The van der Waals surface area contributed by atoms with Crippen LogP contribution in [0.25, 0.3) is 0 Å². The minimum Gasteiger partial charge on any atom is -0.471 e. The summed E-state index contributed by atoms with van der Waals surface area (Å²) in [5, 5.41) is 3.56. The molecule has 1 aromatic rings. The first kappa shape index (κ1) is 21.2. The molecule has 10 heteroatoms. The molecule has 0 unspecified atom stereocenters. The van der Waals surface area contributed by atoms with Crippen LogP contribution in [0.2, 0.25) is 0 Å². The molecule has 3 aliphatic rings. The monoisotopic (exact) mass is 425 g/mol. The van der Waals surface area contributed by atoms with E-state index in [0.717, 1.165) is 12.8 Å². The topological polar surface area (TPSA) is 79.8 Å². The summed E-state index contributed by atoms with van der Waals surface area (Å²) in [6.07, 6.45) is 0.875. The Morgan fingerprint density at radius 2 is 2.07 bits per heavy atom. The highest BCUT2D eigenvalue weighted by molar-refractivity contribution is 5.85. The molecule has 3 heterocycles. The number of hydrogen-bond donors (Lipinski definition) is 1. The van der Waals surface area contributed by atoms with Crippen molar-refractivity contribution in [3.8, 4) is 5.88 Å². The molecule has 1 spiro atoms. The van der Waals surface area contributed by atoms with Gasteiger partial charge in [-0.2, -0.15) is 9.37 Å². The second-order valence-corrected chi connectivity index (χ2v) is 8.85. The number of hydrogen-bond acceptors (Lipinski definition) is 8. The zero-order chi connectivity index (χ0) is 21.6. The largest absolute Gasteiger partial charge is 0.471 e. The number of piperazine rings is 1. The van der Waals surface area contributed by atoms with Gasteiger partial charge in [-0.25, -0.2) is 14.2 Å². The number of nitrogens with one attached hydrogen (secondary N) is 1. The smallest absolute Gasteiger partial charge is 0.376 e. The van der Waals surface area contributed by atoms with Crippen LogP contribution in [0, 0.1) is 5.82 Å². The van der Waals surface area contributed by atoms with Crippen LogP contribution in [0.3, 0.4) is 0 Å². The lowest BCUT2D eigenvalue weighted by Gasteiger charge is -2.39. The number of likely N-dealkylation sites (N-methyl/N-ethyl adjacent to an activating group) is 1. The molecule has 4 rings (SSSR count). The highest BCUT2D eigenvalue weighted by atomic mass is 19.1. The van der Waals surface area contributed by atoms with E-state index in [-0.39, 0.29) is 35.1 Å². The van der Waals surface area contributed by atoms with E-state index in [9.17, 15) is 9.18 Å². The highest BCUT2D eigenvalue weighted by Crippen LogP contribution is 2.40. The van der Waals surface area contributed by atoms with Gasteiger partial charge in [0, 0.05) is 37.3 Å². The fourth-order valence-electron chi connectivity index (χ4n) is 4.64. The quantitative estimate of drug-likeness (QED) is 0.712. The molecular weight excluding hydrogens is 396 g/mol. The van der Waals surface area contributed by atoms with Crippen LogP contribution in [-0.2, 0) is 4.74 Å². The summed E-state index contributed by atoms with van der Waals surface area (Å²) in [4.78, 5) is 24.0. The number of carbonyl (C=O) groups is 1. The number of likely N-dealkylation sites (tertiary alicyclic amines) is 1. The van der Waals surface area contributed by atoms with E-state index in [0.29, 0.717) is 26.1 Å². The summed E-state index contributed by atoms with van der Waals surface area (Å²) in [6, 6.07) is -0.0672. The Morgan fingerprint density at radius 3 is 2.67 bits per heavy atom. The predicted molar refractivity (Wildman–Crippen MR) is 106 cm³/mol. The molecule has 0 bridgehead atoms.